The zero-order valence-electron chi connectivity index (χ0n) is 14.1. The predicted octanol–water partition coefficient (Wildman–Crippen LogP) is 0.0823. The maximum Gasteiger partial charge on any atom is 0.332 e. The summed E-state index contributed by atoms with van der Waals surface area (Å²) in [7, 11) is 2.98. The monoisotopic (exact) mass is 321 g/mol. The number of likely N-dealkylation sites (N-methyl/N-ethyl adjacent to an activating group) is 1. The van der Waals surface area contributed by atoms with Gasteiger partial charge in [-0.3, -0.25) is 18.7 Å². The minimum atomic E-state index is -0.440. The van der Waals surface area contributed by atoms with Crippen LogP contribution in [0.1, 0.15) is 26.7 Å². The molecule has 0 aliphatic heterocycles. The average Bonchev–Trinajstić information content (AvgIpc) is 2.95. The summed E-state index contributed by atoms with van der Waals surface area (Å²) in [5.41, 5.74) is -0.306. The van der Waals surface area contributed by atoms with E-state index in [2.05, 4.69) is 11.9 Å². The molecular formula is C15H23N5O3. The van der Waals surface area contributed by atoms with Gasteiger partial charge in [0.15, 0.2) is 11.2 Å². The molecule has 0 radical (unpaired) electrons. The third-order valence-electron chi connectivity index (χ3n) is 4.04. The van der Waals surface area contributed by atoms with Crippen LogP contribution in [0.3, 0.4) is 0 Å². The number of imidazole rings is 1. The van der Waals surface area contributed by atoms with Gasteiger partial charge < -0.3 is 9.47 Å². The van der Waals surface area contributed by atoms with Crippen molar-refractivity contribution in [3.63, 3.8) is 0 Å². The van der Waals surface area contributed by atoms with Gasteiger partial charge >= 0.3 is 5.69 Å². The van der Waals surface area contributed by atoms with Crippen LogP contribution in [-0.2, 0) is 25.4 Å². The summed E-state index contributed by atoms with van der Waals surface area (Å²) in [5.74, 6) is -0.0591. The zero-order valence-corrected chi connectivity index (χ0v) is 14.1. The molecule has 2 heterocycles. The third-order valence-corrected chi connectivity index (χ3v) is 4.04. The van der Waals surface area contributed by atoms with Crippen molar-refractivity contribution in [3.8, 4) is 0 Å². The van der Waals surface area contributed by atoms with E-state index in [1.165, 1.54) is 22.5 Å². The highest BCUT2D eigenvalue weighted by molar-refractivity contribution is 5.79. The minimum Gasteiger partial charge on any atom is -0.341 e. The average molecular weight is 321 g/mol. The van der Waals surface area contributed by atoms with Crippen LogP contribution < -0.4 is 11.2 Å². The van der Waals surface area contributed by atoms with Gasteiger partial charge in [-0.1, -0.05) is 13.3 Å². The van der Waals surface area contributed by atoms with Crippen molar-refractivity contribution in [1.29, 1.82) is 0 Å². The molecule has 0 bridgehead atoms. The molecule has 2 aromatic heterocycles. The Balaban J connectivity index is 2.40. The smallest absolute Gasteiger partial charge is 0.332 e. The van der Waals surface area contributed by atoms with Gasteiger partial charge in [0.2, 0.25) is 5.91 Å². The van der Waals surface area contributed by atoms with Crippen molar-refractivity contribution >= 4 is 17.1 Å². The summed E-state index contributed by atoms with van der Waals surface area (Å²) in [6.07, 6.45) is 3.40. The normalized spacial score (nSPS) is 11.1. The van der Waals surface area contributed by atoms with Crippen molar-refractivity contribution in [2.75, 3.05) is 13.1 Å². The Bertz CT molecular complexity index is 830. The number of unbranched alkanes of at least 4 members (excludes halogenated alkanes) is 1. The van der Waals surface area contributed by atoms with E-state index >= 15 is 0 Å². The minimum absolute atomic E-state index is 0.0432. The lowest BCUT2D eigenvalue weighted by Gasteiger charge is -2.20. The highest BCUT2D eigenvalue weighted by Crippen LogP contribution is 2.07. The van der Waals surface area contributed by atoms with E-state index in [4.69, 9.17) is 0 Å². The Hall–Kier alpha value is -2.38. The Morgan fingerprint density at radius 1 is 1.22 bits per heavy atom. The largest absolute Gasteiger partial charge is 0.341 e. The number of carbonyl (C=O) groups is 1. The summed E-state index contributed by atoms with van der Waals surface area (Å²) in [5, 5.41) is 0. The highest BCUT2D eigenvalue weighted by Gasteiger charge is 2.18. The number of hydrogen-bond donors (Lipinski definition) is 0. The summed E-state index contributed by atoms with van der Waals surface area (Å²) >= 11 is 0. The van der Waals surface area contributed by atoms with Gasteiger partial charge in [-0.2, -0.15) is 0 Å². The van der Waals surface area contributed by atoms with E-state index in [1.807, 2.05) is 6.92 Å². The topological polar surface area (TPSA) is 82.1 Å². The fourth-order valence-corrected chi connectivity index (χ4v) is 2.57. The van der Waals surface area contributed by atoms with Crippen LogP contribution in [0.2, 0.25) is 0 Å². The molecule has 1 amide bonds. The number of rotatable bonds is 6. The highest BCUT2D eigenvalue weighted by atomic mass is 16.2. The van der Waals surface area contributed by atoms with Crippen molar-refractivity contribution < 1.29 is 4.79 Å². The van der Waals surface area contributed by atoms with Gasteiger partial charge in [0, 0.05) is 27.2 Å². The van der Waals surface area contributed by atoms with E-state index < -0.39 is 11.2 Å². The fraction of sp³-hybridized carbons (Fsp3) is 0.600. The van der Waals surface area contributed by atoms with Gasteiger partial charge in [-0.25, -0.2) is 9.78 Å². The van der Waals surface area contributed by atoms with Crippen LogP contribution in [0, 0.1) is 0 Å². The van der Waals surface area contributed by atoms with Crippen LogP contribution in [0.4, 0.5) is 0 Å². The molecule has 2 rings (SSSR count). The number of amides is 1. The first-order valence-corrected chi connectivity index (χ1v) is 7.80. The maximum absolute atomic E-state index is 12.4. The van der Waals surface area contributed by atoms with E-state index in [0.29, 0.717) is 18.7 Å². The Morgan fingerprint density at radius 3 is 2.52 bits per heavy atom. The molecule has 2 aromatic rings. The molecule has 126 valence electrons. The molecule has 0 atom stereocenters. The Labute approximate surface area is 134 Å². The van der Waals surface area contributed by atoms with Crippen molar-refractivity contribution in [3.05, 3.63) is 27.2 Å². The van der Waals surface area contributed by atoms with Crippen LogP contribution in [0.25, 0.3) is 11.2 Å². The van der Waals surface area contributed by atoms with E-state index in [9.17, 15) is 14.4 Å². The van der Waals surface area contributed by atoms with Crippen molar-refractivity contribution in [2.45, 2.75) is 33.2 Å². The van der Waals surface area contributed by atoms with Gasteiger partial charge in [0.05, 0.1) is 6.33 Å². The van der Waals surface area contributed by atoms with Gasteiger partial charge in [-0.15, -0.1) is 0 Å². The molecule has 0 aliphatic rings. The van der Waals surface area contributed by atoms with E-state index in [-0.39, 0.29) is 18.0 Å². The molecule has 0 unspecified atom stereocenters. The number of fused-ring (bicyclic) bond motifs is 1. The van der Waals surface area contributed by atoms with Crippen molar-refractivity contribution in [1.82, 2.24) is 23.6 Å². The van der Waals surface area contributed by atoms with Crippen LogP contribution in [0.15, 0.2) is 15.9 Å². The molecule has 0 aliphatic carbocycles. The molecule has 23 heavy (non-hydrogen) atoms. The second kappa shape index (κ2) is 6.80. The zero-order chi connectivity index (χ0) is 17.1. The molecule has 0 fully saturated rings. The lowest BCUT2D eigenvalue weighted by molar-refractivity contribution is -0.131. The lowest BCUT2D eigenvalue weighted by Crippen LogP contribution is -2.38. The van der Waals surface area contributed by atoms with E-state index in [0.717, 1.165) is 17.4 Å². The first-order chi connectivity index (χ1) is 10.9. The van der Waals surface area contributed by atoms with Gasteiger partial charge in [0.25, 0.3) is 5.56 Å². The van der Waals surface area contributed by atoms with E-state index in [1.54, 1.807) is 11.9 Å². The molecule has 0 spiro atoms. The summed E-state index contributed by atoms with van der Waals surface area (Å²) < 4.78 is 3.86. The molecule has 8 nitrogen and oxygen atoms in total. The summed E-state index contributed by atoms with van der Waals surface area (Å²) in [6, 6.07) is 0. The molecule has 0 saturated carbocycles. The van der Waals surface area contributed by atoms with Gasteiger partial charge in [-0.05, 0) is 13.3 Å². The Kier molecular flexibility index (Phi) is 5.02. The number of hydrogen-bond acceptors (Lipinski definition) is 4. The first kappa shape index (κ1) is 17.0. The van der Waals surface area contributed by atoms with Crippen LogP contribution in [-0.4, -0.2) is 42.6 Å². The van der Waals surface area contributed by atoms with Crippen molar-refractivity contribution in [2.24, 2.45) is 14.1 Å². The second-order valence-corrected chi connectivity index (χ2v) is 5.58. The van der Waals surface area contributed by atoms with Gasteiger partial charge in [0.1, 0.15) is 6.54 Å². The number of nitrogens with zero attached hydrogens (tertiary/aromatic N) is 5. The van der Waals surface area contributed by atoms with Crippen LogP contribution in [0.5, 0.6) is 0 Å². The molecule has 0 saturated heterocycles. The third kappa shape index (κ3) is 3.06. The summed E-state index contributed by atoms with van der Waals surface area (Å²) in [6.45, 7) is 5.38. The quantitative estimate of drug-likeness (QED) is 0.754. The Morgan fingerprint density at radius 2 is 1.91 bits per heavy atom. The molecule has 8 heteroatoms. The molecule has 0 aromatic carbocycles. The lowest BCUT2D eigenvalue weighted by atomic mass is 10.3. The summed E-state index contributed by atoms with van der Waals surface area (Å²) in [4.78, 5) is 42.6. The SMILES string of the molecule is CCCCN(CC)C(=O)Cn1cnc2c1c(=O)n(C)c(=O)n2C. The molecular weight excluding hydrogens is 298 g/mol. The predicted molar refractivity (Wildman–Crippen MR) is 87.4 cm³/mol. The fourth-order valence-electron chi connectivity index (χ4n) is 2.57. The second-order valence-electron chi connectivity index (χ2n) is 5.58. The number of aryl methyl sites for hydroxylation is 1. The standard InChI is InChI=1S/C15H23N5O3/c1-5-7-8-19(6-2)11(21)9-20-10-16-13-12(20)14(22)18(4)15(23)17(13)3/h10H,5-9H2,1-4H3. The number of carbonyl (C=O) groups excluding carboxylic acids is 1. The van der Waals surface area contributed by atoms with Crippen LogP contribution >= 0.6 is 0 Å². The first-order valence-electron chi connectivity index (χ1n) is 7.80. The molecule has 0 N–H and O–H groups in total. The maximum atomic E-state index is 12.4. The number of aromatic nitrogens is 4.